The van der Waals surface area contributed by atoms with Crippen molar-refractivity contribution in [3.63, 3.8) is 0 Å². The summed E-state index contributed by atoms with van der Waals surface area (Å²) in [5.41, 5.74) is 14.9. The molecule has 766 valence electrons. The van der Waals surface area contributed by atoms with E-state index in [-0.39, 0.29) is 88.4 Å². The van der Waals surface area contributed by atoms with Crippen LogP contribution in [0.5, 0.6) is 0 Å². The zero-order chi connectivity index (χ0) is 102. The van der Waals surface area contributed by atoms with Gasteiger partial charge in [0.2, 0.25) is 71.1 Å². The lowest BCUT2D eigenvalue weighted by molar-refractivity contribution is -0.142. The fourth-order valence-electron chi connectivity index (χ4n) is 19.3. The van der Waals surface area contributed by atoms with Gasteiger partial charge in [0, 0.05) is 77.1 Å². The van der Waals surface area contributed by atoms with Crippen LogP contribution in [0.15, 0.2) is 123 Å². The molecule has 0 bridgehead atoms. The molecule has 5 fully saturated rings. The number of nitrogens with one attached hydrogen (secondary N) is 12. The van der Waals surface area contributed by atoms with Crippen molar-refractivity contribution in [2.24, 2.45) is 0 Å². The fourth-order valence-corrected chi connectivity index (χ4v) is 28.4. The summed E-state index contributed by atoms with van der Waals surface area (Å²) in [6.07, 6.45) is 23.2. The Morgan fingerprint density at radius 1 is 0.406 bits per heavy atom. The van der Waals surface area contributed by atoms with Crippen molar-refractivity contribution in [2.75, 3.05) is 37.2 Å². The van der Waals surface area contributed by atoms with Gasteiger partial charge < -0.3 is 62.6 Å². The summed E-state index contributed by atoms with van der Waals surface area (Å²) in [4.78, 5) is 47.5. The summed E-state index contributed by atoms with van der Waals surface area (Å²) in [7, 11) is -23.9. The molecule has 20 rings (SSSR count). The number of nitrogens with zero attached hydrogens (tertiary/aromatic N) is 9. The lowest BCUT2D eigenvalue weighted by Gasteiger charge is -2.14. The van der Waals surface area contributed by atoms with Gasteiger partial charge in [-0.05, 0) is 247 Å². The topological polar surface area (TPSA) is 597 Å². The number of benzene rings is 5. The molecule has 5 aliphatic carbocycles. The highest BCUT2D eigenvalue weighted by Gasteiger charge is 2.36. The summed E-state index contributed by atoms with van der Waals surface area (Å²) >= 11 is 6.62. The van der Waals surface area contributed by atoms with E-state index in [1.54, 1.807) is 77.9 Å². The van der Waals surface area contributed by atoms with E-state index in [1.165, 1.54) is 24.1 Å². The average Bonchev–Trinajstić information content (AvgIpc) is 1.65. The van der Waals surface area contributed by atoms with Crippen molar-refractivity contribution >= 4 is 162 Å². The van der Waals surface area contributed by atoms with E-state index in [0.717, 1.165) is 174 Å². The molecular formula is C93H115N21O20S9. The molecule has 41 nitrogen and oxygen atoms in total. The molecule has 50 heteroatoms. The minimum Gasteiger partial charge on any atom is -0.466 e. The molecule has 10 aromatic heterocycles. The van der Waals surface area contributed by atoms with Crippen molar-refractivity contribution in [1.29, 1.82) is 0 Å². The van der Waals surface area contributed by atoms with Gasteiger partial charge in [-0.1, -0.05) is 102 Å². The number of carbonyl (C=O) groups is 1. The number of aromatic amines is 6. The summed E-state index contributed by atoms with van der Waals surface area (Å²) in [5, 5.41) is 23.6. The Bertz CT molecular complexity index is 8060. The van der Waals surface area contributed by atoms with Crippen LogP contribution in [0.25, 0.3) is 111 Å². The maximum absolute atomic E-state index is 13.4. The van der Waals surface area contributed by atoms with E-state index in [1.807, 2.05) is 59.1 Å². The lowest BCUT2D eigenvalue weighted by Crippen LogP contribution is -2.32. The first-order chi connectivity index (χ1) is 67.8. The highest BCUT2D eigenvalue weighted by molar-refractivity contribution is 7.98. The Labute approximate surface area is 838 Å². The number of rotatable bonds is 28. The quantitative estimate of drug-likeness (QED) is 0.0123. The first kappa shape index (κ1) is 105. The molecule has 5 saturated carbocycles. The second kappa shape index (κ2) is 43.0. The van der Waals surface area contributed by atoms with Crippen LogP contribution in [0.1, 0.15) is 199 Å². The molecule has 143 heavy (non-hydrogen) atoms. The summed E-state index contributed by atoms with van der Waals surface area (Å²) in [6, 6.07) is 16.8. The van der Waals surface area contributed by atoms with E-state index in [4.69, 9.17) is 39.6 Å². The second-order valence-electron chi connectivity index (χ2n) is 36.6. The van der Waals surface area contributed by atoms with Crippen LogP contribution in [0, 0.1) is 74.0 Å². The maximum atomic E-state index is 13.4. The highest BCUT2D eigenvalue weighted by Crippen LogP contribution is 2.42. The molecule has 1 atom stereocenters. The van der Waals surface area contributed by atoms with Crippen molar-refractivity contribution in [3.8, 4) is 55.6 Å². The number of anilines is 1. The van der Waals surface area contributed by atoms with Crippen LogP contribution in [-0.4, -0.2) is 198 Å². The number of aromatic nitrogens is 15. The third-order valence-electron chi connectivity index (χ3n) is 25.9. The van der Waals surface area contributed by atoms with Crippen LogP contribution in [0.3, 0.4) is 0 Å². The van der Waals surface area contributed by atoms with Crippen LogP contribution in [0.2, 0.25) is 0 Å². The van der Waals surface area contributed by atoms with E-state index >= 15 is 0 Å². The summed E-state index contributed by atoms with van der Waals surface area (Å²) in [6.45, 7) is 20.4. The van der Waals surface area contributed by atoms with E-state index < -0.39 is 70.8 Å². The van der Waals surface area contributed by atoms with E-state index in [9.17, 15) is 59.5 Å². The number of sulfone groups is 1. The van der Waals surface area contributed by atoms with Gasteiger partial charge in [-0.15, -0.1) is 0 Å². The number of aryl methyl sites for hydroxylation is 10. The Kier molecular flexibility index (Phi) is 31.5. The minimum atomic E-state index is -3.92. The molecule has 0 amide bonds. The zero-order valence-electron chi connectivity index (χ0n) is 81.3. The van der Waals surface area contributed by atoms with E-state index in [0.29, 0.717) is 147 Å². The molecule has 5 aromatic carbocycles. The summed E-state index contributed by atoms with van der Waals surface area (Å²) < 4.78 is 214. The molecular weight excluding hydrogens is 2020 g/mol. The molecule has 0 aliphatic heterocycles. The summed E-state index contributed by atoms with van der Waals surface area (Å²) in [5.74, 6) is 3.10. The normalized spacial score (nSPS) is 15.8. The molecule has 0 spiro atoms. The van der Waals surface area contributed by atoms with Gasteiger partial charge in [0.25, 0.3) is 0 Å². The number of esters is 1. The number of H-pyrrole nitrogens is 6. The van der Waals surface area contributed by atoms with Gasteiger partial charge in [0.1, 0.15) is 75.3 Å². The largest absolute Gasteiger partial charge is 0.466 e. The molecule has 12 N–H and O–H groups in total. The second-order valence-corrected chi connectivity index (χ2v) is 49.4. The van der Waals surface area contributed by atoms with Gasteiger partial charge in [0.15, 0.2) is 15.1 Å². The number of carbonyl (C=O) groups excluding carboxylic acids is 1. The first-order valence-corrected chi connectivity index (χ1v) is 59.5. The van der Waals surface area contributed by atoms with Gasteiger partial charge in [0.05, 0.1) is 85.4 Å². The standard InChI is InChI=1S/C22H29N5O5S.C18H22N4O5S2.C18H22N4O4S2.C18H22N4O3S2.C17H20N4O3S2/c1-4-31-19(28)9-10-23-22-24-17-11-15(20-13(2)26-32-14(20)3)12-18(21(17)25-22)33(29,30)27-16-7-5-6-8-16;1-10-16(11(2)27-21-10)12-8-14-17(20-18(19-14)28(3,23)24)15(9-12)29(25,26)22-13-6-4-5-7-13;1-10-16(11(2)26-21-10)12-8-14-17(20-18(19-14)27(3)23)15(9-12)28(24,25)22-13-6-4-5-7-13;1-10-16(11(2)25-21-10)12-8-14-17(20-18(19-14)26-3)15(9-12)27(23,24)22-13-6-4-5-7-13;1-9-15(10(2)24-20-9)11-7-13-16(19-17(25)18-13)14(8-11)26(22,23)21-12-5-3-4-6-12/h11-12,16,27H,4-10H2,1-3H3,(H2,23,24,25);8-9,13,22H,4-7H2,1-3H3,(H,19,20);8-9,13,22H,4-7H2,1-3H3,(H,19,20);8-9,13,22H,4-7H2,1-3H3,(H,19,20);7-8,12,21H,3-6H2,1-2H3,(H2,18,19,25). The van der Waals surface area contributed by atoms with Crippen LogP contribution < -0.4 is 28.9 Å². The lowest BCUT2D eigenvalue weighted by atomic mass is 10.0. The molecule has 0 saturated heterocycles. The molecule has 15 aromatic rings. The Morgan fingerprint density at radius 2 is 0.706 bits per heavy atom. The molecule has 10 heterocycles. The molecule has 5 aliphatic rings. The number of hydrogen-bond acceptors (Lipinski definition) is 32. The first-order valence-electron chi connectivity index (χ1n) is 47.0. The Hall–Kier alpha value is -11.0. The molecule has 0 radical (unpaired) electrons. The Balaban J connectivity index is 0.000000129. The number of ether oxygens (including phenoxy) is 1. The zero-order valence-corrected chi connectivity index (χ0v) is 88.6. The van der Waals surface area contributed by atoms with Crippen LogP contribution >= 0.6 is 24.0 Å². The highest BCUT2D eigenvalue weighted by atomic mass is 32.2. The van der Waals surface area contributed by atoms with Gasteiger partial charge >= 0.3 is 5.97 Å². The van der Waals surface area contributed by atoms with Crippen molar-refractivity contribution in [3.05, 3.63) is 123 Å². The van der Waals surface area contributed by atoms with Crippen molar-refractivity contribution in [1.82, 2.24) is 99.2 Å². The van der Waals surface area contributed by atoms with Crippen molar-refractivity contribution < 1.29 is 86.9 Å². The SMILES string of the molecule is CCOC(=O)CCNc1nc2c(S(=O)(=O)NC3CCCC3)cc(-c3c(C)noc3C)cc2[nH]1.CSc1nc2c(S(=O)(=O)NC3CCCC3)cc(-c3c(C)noc3C)cc2[nH]1.Cc1noc(C)c1-c1cc(S(=O)(=O)NC2CCCC2)c2[nH]c(=S)[nH]c2c1.Cc1noc(C)c1-c1cc(S(=O)(=O)NC2CCCC2)c2nc(S(C)(=O)=O)[nH]c2c1.Cc1noc(C)c1-c1cc(S(=O)(=O)NC2CCCC2)c2nc(S(C)=O)[nH]c2c1. The monoisotopic (exact) mass is 2130 g/mol. The van der Waals surface area contributed by atoms with Crippen LogP contribution in [-0.2, 0) is 80.3 Å². The minimum absolute atomic E-state index is 0.00765. The number of fused-ring (bicyclic) bond motifs is 5. The van der Waals surface area contributed by atoms with Gasteiger partial charge in [-0.3, -0.25) is 9.00 Å². The van der Waals surface area contributed by atoms with Crippen LogP contribution in [0.4, 0.5) is 5.95 Å². The van der Waals surface area contributed by atoms with Gasteiger partial charge in [-0.25, -0.2) is 94.1 Å². The predicted octanol–water partition coefficient (Wildman–Crippen LogP) is 16.2. The molecule has 1 unspecified atom stereocenters. The third-order valence-corrected chi connectivity index (χ3v) is 36.0. The number of imidazole rings is 5. The average molecular weight is 2140 g/mol. The third kappa shape index (κ3) is 23.4. The maximum Gasteiger partial charge on any atom is 0.307 e. The van der Waals surface area contributed by atoms with Gasteiger partial charge in [-0.2, -0.15) is 0 Å². The predicted molar refractivity (Wildman–Crippen MR) is 543 cm³/mol. The Morgan fingerprint density at radius 3 is 1.03 bits per heavy atom. The fraction of sp³-hybridized carbons (Fsp3) is 0.452. The van der Waals surface area contributed by atoms with E-state index in [2.05, 4.69) is 105 Å². The van der Waals surface area contributed by atoms with Crippen molar-refractivity contribution in [2.45, 2.75) is 281 Å². The number of hydrogen-bond donors (Lipinski definition) is 12. The smallest absolute Gasteiger partial charge is 0.307 e. The number of thioether (sulfide) groups is 1. The number of sulfonamides is 5.